The Kier molecular flexibility index (Phi) is 5.88. The van der Waals surface area contributed by atoms with Crippen molar-refractivity contribution >= 4 is 5.91 Å². The van der Waals surface area contributed by atoms with E-state index >= 15 is 0 Å². The molecule has 0 spiro atoms. The van der Waals surface area contributed by atoms with E-state index in [0.717, 1.165) is 0 Å². The molecule has 0 fully saturated rings. The first-order valence-corrected chi connectivity index (χ1v) is 7.06. The standard InChI is InChI=1S/C16H23F2NO3/c1-9(12(14(19)21)13(20)16(2,3)4)10-6-5-7-11(8-10)22-15(17)18/h5-9,12-13,15,20H,1-4H3,(H2,19,21)/t9-,12?,13?/m1/s1. The molecule has 0 aliphatic carbocycles. The van der Waals surface area contributed by atoms with Crippen LogP contribution in [0.5, 0.6) is 5.75 Å². The van der Waals surface area contributed by atoms with Crippen LogP contribution in [0.1, 0.15) is 39.2 Å². The molecule has 22 heavy (non-hydrogen) atoms. The third-order valence-electron chi connectivity index (χ3n) is 3.70. The number of hydrogen-bond donors (Lipinski definition) is 2. The lowest BCUT2D eigenvalue weighted by atomic mass is 9.74. The molecule has 3 N–H and O–H groups in total. The molecule has 0 aliphatic rings. The topological polar surface area (TPSA) is 72.5 Å². The number of nitrogens with two attached hydrogens (primary N) is 1. The van der Waals surface area contributed by atoms with E-state index in [1.807, 2.05) is 0 Å². The molecule has 1 aromatic rings. The first-order valence-electron chi connectivity index (χ1n) is 7.06. The van der Waals surface area contributed by atoms with Crippen LogP contribution >= 0.6 is 0 Å². The molecule has 4 nitrogen and oxygen atoms in total. The largest absolute Gasteiger partial charge is 0.435 e. The number of rotatable bonds is 6. The molecule has 1 aromatic carbocycles. The van der Waals surface area contributed by atoms with Gasteiger partial charge in [0, 0.05) is 0 Å². The molecule has 1 rings (SSSR count). The summed E-state index contributed by atoms with van der Waals surface area (Å²) in [5.74, 6) is -1.89. The molecule has 2 unspecified atom stereocenters. The van der Waals surface area contributed by atoms with Gasteiger partial charge in [0.25, 0.3) is 0 Å². The fraction of sp³-hybridized carbons (Fsp3) is 0.562. The summed E-state index contributed by atoms with van der Waals surface area (Å²) in [4.78, 5) is 11.8. The van der Waals surface area contributed by atoms with Gasteiger partial charge in [0.15, 0.2) is 0 Å². The Morgan fingerprint density at radius 3 is 2.36 bits per heavy atom. The van der Waals surface area contributed by atoms with Crippen LogP contribution in [0.15, 0.2) is 24.3 Å². The maximum atomic E-state index is 12.3. The van der Waals surface area contributed by atoms with Crippen LogP contribution in [0.4, 0.5) is 8.78 Å². The minimum absolute atomic E-state index is 0.00724. The van der Waals surface area contributed by atoms with Crippen LogP contribution in [-0.2, 0) is 4.79 Å². The van der Waals surface area contributed by atoms with Crippen LogP contribution in [0.2, 0.25) is 0 Å². The lowest BCUT2D eigenvalue weighted by molar-refractivity contribution is -0.129. The van der Waals surface area contributed by atoms with Crippen LogP contribution in [0, 0.1) is 11.3 Å². The van der Waals surface area contributed by atoms with Gasteiger partial charge in [-0.15, -0.1) is 0 Å². The lowest BCUT2D eigenvalue weighted by Crippen LogP contribution is -2.43. The van der Waals surface area contributed by atoms with Crippen molar-refractivity contribution in [1.29, 1.82) is 0 Å². The summed E-state index contributed by atoms with van der Waals surface area (Å²) in [5, 5.41) is 10.4. The average molecular weight is 315 g/mol. The van der Waals surface area contributed by atoms with Gasteiger partial charge in [0.2, 0.25) is 5.91 Å². The zero-order valence-electron chi connectivity index (χ0n) is 13.2. The lowest BCUT2D eigenvalue weighted by Gasteiger charge is -2.34. The first-order chi connectivity index (χ1) is 10.0. The Morgan fingerprint density at radius 2 is 1.91 bits per heavy atom. The van der Waals surface area contributed by atoms with E-state index in [1.165, 1.54) is 12.1 Å². The summed E-state index contributed by atoms with van der Waals surface area (Å²) in [5.41, 5.74) is 5.51. The second kappa shape index (κ2) is 7.05. The third-order valence-corrected chi connectivity index (χ3v) is 3.70. The van der Waals surface area contributed by atoms with Gasteiger partial charge < -0.3 is 15.6 Å². The molecular weight excluding hydrogens is 292 g/mol. The molecular formula is C16H23F2NO3. The maximum absolute atomic E-state index is 12.3. The number of carbonyl (C=O) groups excluding carboxylic acids is 1. The number of primary amides is 1. The van der Waals surface area contributed by atoms with Crippen molar-refractivity contribution in [2.45, 2.75) is 46.3 Å². The second-order valence-corrected chi connectivity index (χ2v) is 6.48. The van der Waals surface area contributed by atoms with Gasteiger partial charge in [-0.25, -0.2) is 0 Å². The quantitative estimate of drug-likeness (QED) is 0.848. The number of aliphatic hydroxyl groups excluding tert-OH is 1. The number of carbonyl (C=O) groups is 1. The molecule has 0 bridgehead atoms. The molecule has 1 amide bonds. The third kappa shape index (κ3) is 4.66. The smallest absolute Gasteiger partial charge is 0.387 e. The number of hydrogen-bond acceptors (Lipinski definition) is 3. The SMILES string of the molecule is C[C@H](c1cccc(OC(F)F)c1)C(C(N)=O)C(O)C(C)(C)C. The molecule has 0 radical (unpaired) electrons. The highest BCUT2D eigenvalue weighted by Crippen LogP contribution is 2.35. The van der Waals surface area contributed by atoms with E-state index < -0.39 is 35.9 Å². The number of aliphatic hydroxyl groups is 1. The van der Waals surface area contributed by atoms with E-state index in [4.69, 9.17) is 5.73 Å². The fourth-order valence-corrected chi connectivity index (χ4v) is 2.40. The van der Waals surface area contributed by atoms with Gasteiger partial charge >= 0.3 is 6.61 Å². The molecule has 0 heterocycles. The summed E-state index contributed by atoms with van der Waals surface area (Å²) in [7, 11) is 0. The molecule has 124 valence electrons. The number of amides is 1. The second-order valence-electron chi connectivity index (χ2n) is 6.48. The number of alkyl halides is 2. The predicted molar refractivity (Wildman–Crippen MR) is 79.6 cm³/mol. The normalized spacial score (nSPS) is 16.2. The van der Waals surface area contributed by atoms with Gasteiger partial charge in [-0.1, -0.05) is 39.8 Å². The van der Waals surface area contributed by atoms with Gasteiger partial charge in [0.1, 0.15) is 5.75 Å². The Labute approximate surface area is 129 Å². The van der Waals surface area contributed by atoms with Crippen LogP contribution in [-0.4, -0.2) is 23.7 Å². The van der Waals surface area contributed by atoms with Gasteiger partial charge in [-0.2, -0.15) is 8.78 Å². The van der Waals surface area contributed by atoms with Gasteiger partial charge in [0.05, 0.1) is 12.0 Å². The number of ether oxygens (including phenoxy) is 1. The van der Waals surface area contributed by atoms with Crippen molar-refractivity contribution in [2.75, 3.05) is 0 Å². The maximum Gasteiger partial charge on any atom is 0.387 e. The van der Waals surface area contributed by atoms with Crippen LogP contribution in [0.25, 0.3) is 0 Å². The van der Waals surface area contributed by atoms with Gasteiger partial charge in [-0.05, 0) is 29.0 Å². The monoisotopic (exact) mass is 315 g/mol. The Balaban J connectivity index is 3.09. The molecule has 3 atom stereocenters. The molecule has 0 saturated carbocycles. The summed E-state index contributed by atoms with van der Waals surface area (Å²) in [6.07, 6.45) is -0.959. The predicted octanol–water partition coefficient (Wildman–Crippen LogP) is 2.90. The Hall–Kier alpha value is -1.69. The molecule has 6 heteroatoms. The highest BCUT2D eigenvalue weighted by Gasteiger charge is 2.38. The Bertz CT molecular complexity index is 514. The van der Waals surface area contributed by atoms with E-state index in [1.54, 1.807) is 39.8 Å². The van der Waals surface area contributed by atoms with Crippen molar-refractivity contribution in [3.8, 4) is 5.75 Å². The summed E-state index contributed by atoms with van der Waals surface area (Å²) < 4.78 is 28.9. The van der Waals surface area contributed by atoms with E-state index in [2.05, 4.69) is 4.74 Å². The number of benzene rings is 1. The Morgan fingerprint density at radius 1 is 1.32 bits per heavy atom. The van der Waals surface area contributed by atoms with Crippen molar-refractivity contribution < 1.29 is 23.4 Å². The fourth-order valence-electron chi connectivity index (χ4n) is 2.40. The van der Waals surface area contributed by atoms with E-state index in [9.17, 15) is 18.7 Å². The molecule has 0 saturated heterocycles. The van der Waals surface area contributed by atoms with Gasteiger partial charge in [-0.3, -0.25) is 4.79 Å². The first kappa shape index (κ1) is 18.4. The molecule has 0 aromatic heterocycles. The van der Waals surface area contributed by atoms with E-state index in [0.29, 0.717) is 5.56 Å². The van der Waals surface area contributed by atoms with Crippen molar-refractivity contribution in [3.63, 3.8) is 0 Å². The van der Waals surface area contributed by atoms with Crippen LogP contribution < -0.4 is 10.5 Å². The highest BCUT2D eigenvalue weighted by molar-refractivity contribution is 5.78. The zero-order chi connectivity index (χ0) is 17.1. The number of halogens is 2. The zero-order valence-corrected chi connectivity index (χ0v) is 13.2. The van der Waals surface area contributed by atoms with Crippen LogP contribution in [0.3, 0.4) is 0 Å². The average Bonchev–Trinajstić information content (AvgIpc) is 2.36. The van der Waals surface area contributed by atoms with Crippen molar-refractivity contribution in [2.24, 2.45) is 17.1 Å². The molecule has 0 aliphatic heterocycles. The summed E-state index contributed by atoms with van der Waals surface area (Å²) in [6.45, 7) is 4.22. The van der Waals surface area contributed by atoms with Crippen molar-refractivity contribution in [3.05, 3.63) is 29.8 Å². The summed E-state index contributed by atoms with van der Waals surface area (Å²) in [6, 6.07) is 6.09. The highest BCUT2D eigenvalue weighted by atomic mass is 19.3. The van der Waals surface area contributed by atoms with Crippen molar-refractivity contribution in [1.82, 2.24) is 0 Å². The minimum atomic E-state index is -2.92. The minimum Gasteiger partial charge on any atom is -0.435 e. The van der Waals surface area contributed by atoms with E-state index in [-0.39, 0.29) is 5.75 Å². The summed E-state index contributed by atoms with van der Waals surface area (Å²) >= 11 is 0.